The third-order valence-electron chi connectivity index (χ3n) is 3.25. The molecule has 2 atom stereocenters. The second-order valence-corrected chi connectivity index (χ2v) is 6.59. The highest BCUT2D eigenvalue weighted by molar-refractivity contribution is 9.10. The zero-order valence-corrected chi connectivity index (χ0v) is 12.7. The molecule has 0 aromatic heterocycles. The van der Waals surface area contributed by atoms with E-state index in [1.807, 2.05) is 0 Å². The molecule has 1 N–H and O–H groups in total. The number of hydrogen-bond donors (Lipinski definition) is 1. The van der Waals surface area contributed by atoms with Crippen molar-refractivity contribution in [2.45, 2.75) is 26.2 Å². The lowest BCUT2D eigenvalue weighted by Gasteiger charge is -2.07. The Labute approximate surface area is 117 Å². The Kier molecular flexibility index (Phi) is 4.51. The summed E-state index contributed by atoms with van der Waals surface area (Å²) in [6.07, 6.45) is 1.29. The third-order valence-corrected chi connectivity index (χ3v) is 4.49. The van der Waals surface area contributed by atoms with Gasteiger partial charge in [-0.15, -0.1) is 0 Å². The second-order valence-electron chi connectivity index (χ2n) is 5.33. The van der Waals surface area contributed by atoms with Gasteiger partial charge in [-0.25, -0.2) is 0 Å². The first-order valence-corrected chi connectivity index (χ1v) is 7.40. The lowest BCUT2D eigenvalue weighted by Crippen LogP contribution is -2.22. The topological polar surface area (TPSA) is 12.0 Å². The molecule has 17 heavy (non-hydrogen) atoms. The van der Waals surface area contributed by atoms with Gasteiger partial charge in [0.1, 0.15) is 0 Å². The monoisotopic (exact) mass is 315 g/mol. The van der Waals surface area contributed by atoms with E-state index >= 15 is 0 Å². The molecule has 1 nitrogen and oxygen atoms in total. The zero-order chi connectivity index (χ0) is 12.4. The van der Waals surface area contributed by atoms with Crippen molar-refractivity contribution in [1.82, 2.24) is 5.32 Å². The molecule has 1 aliphatic carbocycles. The van der Waals surface area contributed by atoms with Gasteiger partial charge in [0, 0.05) is 4.47 Å². The summed E-state index contributed by atoms with van der Waals surface area (Å²) in [5, 5.41) is 4.35. The Morgan fingerprint density at radius 1 is 1.47 bits per heavy atom. The third kappa shape index (κ3) is 3.70. The first-order valence-electron chi connectivity index (χ1n) is 6.23. The largest absolute Gasteiger partial charge is 0.316 e. The maximum Gasteiger partial charge on any atom is 0.0550 e. The molecule has 1 aliphatic rings. The first-order chi connectivity index (χ1) is 8.08. The van der Waals surface area contributed by atoms with Crippen LogP contribution in [-0.4, -0.2) is 13.1 Å². The minimum absolute atomic E-state index is 0.709. The van der Waals surface area contributed by atoms with Crippen LogP contribution >= 0.6 is 27.5 Å². The van der Waals surface area contributed by atoms with Gasteiger partial charge in [0.2, 0.25) is 0 Å². The lowest BCUT2D eigenvalue weighted by molar-refractivity contribution is 0.532. The minimum atomic E-state index is 0.709. The van der Waals surface area contributed by atoms with E-state index in [4.69, 9.17) is 11.6 Å². The summed E-state index contributed by atoms with van der Waals surface area (Å²) < 4.78 is 0.984. The van der Waals surface area contributed by atoms with Gasteiger partial charge in [0.25, 0.3) is 0 Å². The van der Waals surface area contributed by atoms with Crippen LogP contribution in [0, 0.1) is 11.8 Å². The highest BCUT2D eigenvalue weighted by atomic mass is 79.9. The Morgan fingerprint density at radius 3 is 2.88 bits per heavy atom. The smallest absolute Gasteiger partial charge is 0.0550 e. The first kappa shape index (κ1) is 13.4. The fourth-order valence-electron chi connectivity index (χ4n) is 2.18. The van der Waals surface area contributed by atoms with Crippen LogP contribution in [0.4, 0.5) is 0 Å². The Bertz CT molecular complexity index is 392. The quantitative estimate of drug-likeness (QED) is 0.846. The molecule has 0 aliphatic heterocycles. The van der Waals surface area contributed by atoms with Gasteiger partial charge in [-0.3, -0.25) is 0 Å². The molecule has 0 heterocycles. The molecular weight excluding hydrogens is 298 g/mol. The molecular formula is C14H19BrClN. The van der Waals surface area contributed by atoms with Crippen molar-refractivity contribution in [3.63, 3.8) is 0 Å². The molecule has 2 rings (SSSR count). The average Bonchev–Trinajstić information content (AvgIpc) is 3.01. The lowest BCUT2D eigenvalue weighted by atomic mass is 10.1. The SMILES string of the molecule is CC(C)CNCC1CC1c1ccc(Br)c(Cl)c1. The molecule has 1 saturated carbocycles. The highest BCUT2D eigenvalue weighted by Crippen LogP contribution is 2.47. The summed E-state index contributed by atoms with van der Waals surface area (Å²) in [6, 6.07) is 6.33. The van der Waals surface area contributed by atoms with E-state index in [0.717, 1.165) is 34.4 Å². The minimum Gasteiger partial charge on any atom is -0.316 e. The molecule has 0 radical (unpaired) electrons. The Hall–Kier alpha value is -0.0500. The molecule has 1 aromatic rings. The van der Waals surface area contributed by atoms with E-state index in [9.17, 15) is 0 Å². The molecule has 0 saturated heterocycles. The van der Waals surface area contributed by atoms with Gasteiger partial charge >= 0.3 is 0 Å². The number of benzene rings is 1. The van der Waals surface area contributed by atoms with Gasteiger partial charge in [-0.2, -0.15) is 0 Å². The maximum atomic E-state index is 6.12. The van der Waals surface area contributed by atoms with Crippen LogP contribution in [0.25, 0.3) is 0 Å². The predicted molar refractivity (Wildman–Crippen MR) is 77.7 cm³/mol. The number of hydrogen-bond acceptors (Lipinski definition) is 1. The van der Waals surface area contributed by atoms with Crippen molar-refractivity contribution in [2.75, 3.05) is 13.1 Å². The summed E-state index contributed by atoms with van der Waals surface area (Å²) >= 11 is 9.54. The van der Waals surface area contributed by atoms with Crippen molar-refractivity contribution < 1.29 is 0 Å². The van der Waals surface area contributed by atoms with Crippen molar-refractivity contribution in [1.29, 1.82) is 0 Å². The molecule has 0 amide bonds. The standard InChI is InChI=1S/C14H19BrClN/c1-9(2)7-17-8-11-5-12(11)10-3-4-13(15)14(16)6-10/h3-4,6,9,11-12,17H,5,7-8H2,1-2H3. The summed E-state index contributed by atoms with van der Waals surface area (Å²) in [5.41, 5.74) is 1.38. The normalized spacial score (nSPS) is 23.1. The van der Waals surface area contributed by atoms with E-state index in [1.165, 1.54) is 12.0 Å². The zero-order valence-electron chi connectivity index (χ0n) is 10.3. The molecule has 1 aromatic carbocycles. The van der Waals surface area contributed by atoms with Gasteiger partial charge < -0.3 is 5.32 Å². The molecule has 0 bridgehead atoms. The molecule has 3 heteroatoms. The van der Waals surface area contributed by atoms with E-state index in [-0.39, 0.29) is 0 Å². The van der Waals surface area contributed by atoms with Crippen molar-refractivity contribution in [3.8, 4) is 0 Å². The summed E-state index contributed by atoms with van der Waals surface area (Å²) in [4.78, 5) is 0. The number of halogens is 2. The fourth-order valence-corrected chi connectivity index (χ4v) is 2.62. The van der Waals surface area contributed by atoms with Crippen LogP contribution in [0.15, 0.2) is 22.7 Å². The van der Waals surface area contributed by atoms with Crippen LogP contribution in [0.3, 0.4) is 0 Å². The van der Waals surface area contributed by atoms with Gasteiger partial charge in [0.05, 0.1) is 5.02 Å². The molecule has 0 spiro atoms. The van der Waals surface area contributed by atoms with Crippen LogP contribution in [-0.2, 0) is 0 Å². The molecule has 2 unspecified atom stereocenters. The average molecular weight is 317 g/mol. The summed E-state index contributed by atoms with van der Waals surface area (Å²) in [5.74, 6) is 2.24. The van der Waals surface area contributed by atoms with E-state index in [2.05, 4.69) is 53.3 Å². The van der Waals surface area contributed by atoms with Crippen LogP contribution in [0.1, 0.15) is 31.7 Å². The fraction of sp³-hybridized carbons (Fsp3) is 0.571. The molecule has 1 fully saturated rings. The number of nitrogens with one attached hydrogen (secondary N) is 1. The van der Waals surface area contributed by atoms with E-state index in [1.54, 1.807) is 0 Å². The second kappa shape index (κ2) is 5.73. The van der Waals surface area contributed by atoms with Crippen molar-refractivity contribution >= 4 is 27.5 Å². The summed E-state index contributed by atoms with van der Waals surface area (Å²) in [7, 11) is 0. The van der Waals surface area contributed by atoms with E-state index in [0.29, 0.717) is 5.92 Å². The summed E-state index contributed by atoms with van der Waals surface area (Å²) in [6.45, 7) is 6.73. The van der Waals surface area contributed by atoms with Gasteiger partial charge in [-0.1, -0.05) is 31.5 Å². The maximum absolute atomic E-state index is 6.12. The predicted octanol–water partition coefficient (Wildman–Crippen LogP) is 4.45. The van der Waals surface area contributed by atoms with Gasteiger partial charge in [-0.05, 0) is 70.9 Å². The van der Waals surface area contributed by atoms with Gasteiger partial charge in [0.15, 0.2) is 0 Å². The molecule has 94 valence electrons. The highest BCUT2D eigenvalue weighted by Gasteiger charge is 2.37. The number of rotatable bonds is 5. The Balaban J connectivity index is 1.83. The Morgan fingerprint density at radius 2 is 2.24 bits per heavy atom. The van der Waals surface area contributed by atoms with Crippen LogP contribution in [0.2, 0.25) is 5.02 Å². The van der Waals surface area contributed by atoms with E-state index < -0.39 is 0 Å². The van der Waals surface area contributed by atoms with Crippen molar-refractivity contribution in [3.05, 3.63) is 33.3 Å². The van der Waals surface area contributed by atoms with Crippen LogP contribution in [0.5, 0.6) is 0 Å². The van der Waals surface area contributed by atoms with Crippen molar-refractivity contribution in [2.24, 2.45) is 11.8 Å². The van der Waals surface area contributed by atoms with Crippen LogP contribution < -0.4 is 5.32 Å².